The fraction of sp³-hybridized carbons (Fsp3) is 0.200. The first-order chi connectivity index (χ1) is 10.2. The fourth-order valence-corrected chi connectivity index (χ4v) is 2.59. The molecule has 0 aliphatic heterocycles. The Hall–Kier alpha value is -2.52. The van der Waals surface area contributed by atoms with Gasteiger partial charge in [-0.1, -0.05) is 6.07 Å². The third-order valence-corrected chi connectivity index (χ3v) is 3.68. The van der Waals surface area contributed by atoms with Crippen LogP contribution in [0, 0.1) is 11.3 Å². The van der Waals surface area contributed by atoms with Crippen molar-refractivity contribution in [2.75, 3.05) is 19.5 Å². The zero-order valence-corrected chi connectivity index (χ0v) is 12.5. The van der Waals surface area contributed by atoms with Crippen LogP contribution in [0.15, 0.2) is 29.6 Å². The number of hydrogen-bond acceptors (Lipinski definition) is 5. The van der Waals surface area contributed by atoms with Crippen molar-refractivity contribution in [3.8, 4) is 17.6 Å². The van der Waals surface area contributed by atoms with Crippen LogP contribution >= 0.6 is 11.3 Å². The first kappa shape index (κ1) is 14.9. The van der Waals surface area contributed by atoms with Gasteiger partial charge in [0.05, 0.1) is 26.2 Å². The number of anilines is 1. The maximum absolute atomic E-state index is 12.0. The third-order valence-electron chi connectivity index (χ3n) is 2.85. The number of nitrogens with zero attached hydrogens (tertiary/aromatic N) is 1. The number of nitriles is 1. The Balaban J connectivity index is 2.08. The molecule has 0 aliphatic rings. The molecule has 1 heterocycles. The van der Waals surface area contributed by atoms with Gasteiger partial charge in [0.1, 0.15) is 11.1 Å². The van der Waals surface area contributed by atoms with Gasteiger partial charge >= 0.3 is 0 Å². The van der Waals surface area contributed by atoms with Gasteiger partial charge in [-0.2, -0.15) is 5.26 Å². The molecular formula is C15H14N2O3S. The molecule has 1 amide bonds. The van der Waals surface area contributed by atoms with E-state index in [9.17, 15) is 4.79 Å². The molecule has 21 heavy (non-hydrogen) atoms. The molecule has 108 valence electrons. The van der Waals surface area contributed by atoms with E-state index in [2.05, 4.69) is 5.32 Å². The molecule has 1 aromatic heterocycles. The molecule has 0 unspecified atom stereocenters. The van der Waals surface area contributed by atoms with E-state index in [-0.39, 0.29) is 12.3 Å². The molecule has 2 aromatic rings. The molecule has 5 nitrogen and oxygen atoms in total. The lowest BCUT2D eigenvalue weighted by molar-refractivity contribution is -0.115. The van der Waals surface area contributed by atoms with Gasteiger partial charge in [-0.3, -0.25) is 4.79 Å². The largest absolute Gasteiger partial charge is 0.493 e. The molecule has 0 spiro atoms. The zero-order valence-electron chi connectivity index (χ0n) is 11.7. The highest BCUT2D eigenvalue weighted by atomic mass is 32.1. The predicted octanol–water partition coefficient (Wildman–Crippen LogP) is 2.82. The molecule has 0 radical (unpaired) electrons. The SMILES string of the molecule is COc1ccc(CC(=O)Nc2sccc2C#N)cc1OC. The van der Waals surface area contributed by atoms with Crippen molar-refractivity contribution in [2.45, 2.75) is 6.42 Å². The summed E-state index contributed by atoms with van der Waals surface area (Å²) in [6, 6.07) is 9.04. The van der Waals surface area contributed by atoms with Crippen LogP contribution in [0.2, 0.25) is 0 Å². The highest BCUT2D eigenvalue weighted by molar-refractivity contribution is 7.14. The Bertz CT molecular complexity index is 688. The Labute approximate surface area is 126 Å². The summed E-state index contributed by atoms with van der Waals surface area (Å²) in [5.74, 6) is 1.02. The normalized spacial score (nSPS) is 9.76. The number of benzene rings is 1. The second-order valence-corrected chi connectivity index (χ2v) is 5.11. The summed E-state index contributed by atoms with van der Waals surface area (Å²) >= 11 is 1.33. The van der Waals surface area contributed by atoms with Crippen LogP contribution in [0.25, 0.3) is 0 Å². The minimum Gasteiger partial charge on any atom is -0.493 e. The molecule has 0 bridgehead atoms. The van der Waals surface area contributed by atoms with E-state index in [1.54, 1.807) is 43.9 Å². The van der Waals surface area contributed by atoms with Crippen molar-refractivity contribution in [1.29, 1.82) is 5.26 Å². The summed E-state index contributed by atoms with van der Waals surface area (Å²) in [6.45, 7) is 0. The minimum absolute atomic E-state index is 0.179. The van der Waals surface area contributed by atoms with Crippen molar-refractivity contribution in [3.05, 3.63) is 40.8 Å². The topological polar surface area (TPSA) is 71.3 Å². The van der Waals surface area contributed by atoms with Crippen molar-refractivity contribution in [1.82, 2.24) is 0 Å². The Morgan fingerprint density at radius 3 is 2.71 bits per heavy atom. The van der Waals surface area contributed by atoms with Crippen molar-refractivity contribution < 1.29 is 14.3 Å². The smallest absolute Gasteiger partial charge is 0.229 e. The Morgan fingerprint density at radius 1 is 1.29 bits per heavy atom. The van der Waals surface area contributed by atoms with Gasteiger partial charge in [0.25, 0.3) is 0 Å². The number of amides is 1. The van der Waals surface area contributed by atoms with E-state index in [1.165, 1.54) is 11.3 Å². The fourth-order valence-electron chi connectivity index (χ4n) is 1.84. The van der Waals surface area contributed by atoms with Crippen LogP contribution in [-0.2, 0) is 11.2 Å². The summed E-state index contributed by atoms with van der Waals surface area (Å²) in [7, 11) is 3.11. The molecule has 0 saturated heterocycles. The molecule has 0 atom stereocenters. The van der Waals surface area contributed by atoms with Gasteiger partial charge in [-0.25, -0.2) is 0 Å². The highest BCUT2D eigenvalue weighted by Crippen LogP contribution is 2.28. The second-order valence-electron chi connectivity index (χ2n) is 4.19. The van der Waals surface area contributed by atoms with E-state index < -0.39 is 0 Å². The molecule has 0 saturated carbocycles. The summed E-state index contributed by atoms with van der Waals surface area (Å²) < 4.78 is 10.4. The van der Waals surface area contributed by atoms with Gasteiger partial charge in [-0.15, -0.1) is 11.3 Å². The minimum atomic E-state index is -0.179. The van der Waals surface area contributed by atoms with E-state index >= 15 is 0 Å². The molecule has 1 N–H and O–H groups in total. The van der Waals surface area contributed by atoms with Crippen molar-refractivity contribution >= 4 is 22.2 Å². The van der Waals surface area contributed by atoms with Crippen LogP contribution < -0.4 is 14.8 Å². The zero-order chi connectivity index (χ0) is 15.2. The standard InChI is InChI=1S/C15H14N2O3S/c1-19-12-4-3-10(7-13(12)20-2)8-14(18)17-15-11(9-16)5-6-21-15/h3-7H,8H2,1-2H3,(H,17,18). The van der Waals surface area contributed by atoms with E-state index in [1.807, 2.05) is 6.07 Å². The van der Waals surface area contributed by atoms with Gasteiger partial charge in [0.2, 0.25) is 5.91 Å². The number of rotatable bonds is 5. The van der Waals surface area contributed by atoms with E-state index in [0.717, 1.165) is 5.56 Å². The van der Waals surface area contributed by atoms with Gasteiger partial charge in [-0.05, 0) is 29.1 Å². The van der Waals surface area contributed by atoms with Crippen LogP contribution in [-0.4, -0.2) is 20.1 Å². The van der Waals surface area contributed by atoms with Crippen LogP contribution in [0.4, 0.5) is 5.00 Å². The van der Waals surface area contributed by atoms with Crippen LogP contribution in [0.3, 0.4) is 0 Å². The van der Waals surface area contributed by atoms with Crippen molar-refractivity contribution in [3.63, 3.8) is 0 Å². The number of ether oxygens (including phenoxy) is 2. The number of thiophene rings is 1. The van der Waals surface area contributed by atoms with Gasteiger partial charge in [0.15, 0.2) is 11.5 Å². The number of carbonyl (C=O) groups is 1. The molecule has 1 aromatic carbocycles. The van der Waals surface area contributed by atoms with Crippen molar-refractivity contribution in [2.24, 2.45) is 0 Å². The summed E-state index contributed by atoms with van der Waals surface area (Å²) in [4.78, 5) is 12.0. The number of hydrogen-bond donors (Lipinski definition) is 1. The Morgan fingerprint density at radius 2 is 2.05 bits per heavy atom. The van der Waals surface area contributed by atoms with E-state index in [0.29, 0.717) is 22.1 Å². The van der Waals surface area contributed by atoms with Crippen LogP contribution in [0.5, 0.6) is 11.5 Å². The lowest BCUT2D eigenvalue weighted by Gasteiger charge is -2.09. The quantitative estimate of drug-likeness (QED) is 0.922. The second kappa shape index (κ2) is 6.77. The number of methoxy groups -OCH3 is 2. The summed E-state index contributed by atoms with van der Waals surface area (Å²) in [5, 5.41) is 14.0. The highest BCUT2D eigenvalue weighted by Gasteiger charge is 2.11. The number of nitrogens with one attached hydrogen (secondary N) is 1. The average Bonchev–Trinajstić information content (AvgIpc) is 2.94. The average molecular weight is 302 g/mol. The maximum atomic E-state index is 12.0. The molecular weight excluding hydrogens is 288 g/mol. The predicted molar refractivity (Wildman–Crippen MR) is 80.9 cm³/mol. The van der Waals surface area contributed by atoms with E-state index in [4.69, 9.17) is 14.7 Å². The molecule has 0 aliphatic carbocycles. The summed E-state index contributed by atoms with van der Waals surface area (Å²) in [6.07, 6.45) is 0.198. The maximum Gasteiger partial charge on any atom is 0.229 e. The Kier molecular flexibility index (Phi) is 4.80. The molecule has 6 heteroatoms. The first-order valence-corrected chi connectivity index (χ1v) is 7.04. The van der Waals surface area contributed by atoms with Crippen LogP contribution in [0.1, 0.15) is 11.1 Å². The first-order valence-electron chi connectivity index (χ1n) is 6.16. The monoisotopic (exact) mass is 302 g/mol. The third kappa shape index (κ3) is 3.52. The lowest BCUT2D eigenvalue weighted by Crippen LogP contribution is -2.14. The van der Waals surface area contributed by atoms with Gasteiger partial charge < -0.3 is 14.8 Å². The lowest BCUT2D eigenvalue weighted by atomic mass is 10.1. The molecule has 2 rings (SSSR count). The number of carbonyl (C=O) groups excluding carboxylic acids is 1. The molecule has 0 fully saturated rings. The van der Waals surface area contributed by atoms with Gasteiger partial charge in [0, 0.05) is 0 Å². The summed E-state index contributed by atoms with van der Waals surface area (Å²) in [5.41, 5.74) is 1.28.